The molecule has 33 heavy (non-hydrogen) atoms. The van der Waals surface area contributed by atoms with E-state index in [0.29, 0.717) is 56.1 Å². The normalized spacial score (nSPS) is 21.7. The molecule has 3 aliphatic rings. The number of carbonyl (C=O) groups is 2. The summed E-state index contributed by atoms with van der Waals surface area (Å²) in [4.78, 5) is 31.1. The third-order valence-electron chi connectivity index (χ3n) is 6.65. The van der Waals surface area contributed by atoms with Crippen LogP contribution in [0.4, 0.5) is 5.69 Å². The molecule has 0 bridgehead atoms. The van der Waals surface area contributed by atoms with Crippen LogP contribution in [0.5, 0.6) is 0 Å². The van der Waals surface area contributed by atoms with Crippen molar-refractivity contribution in [3.63, 3.8) is 0 Å². The van der Waals surface area contributed by atoms with E-state index in [1.807, 2.05) is 34.1 Å². The number of rotatable bonds is 3. The Kier molecular flexibility index (Phi) is 5.44. The van der Waals surface area contributed by atoms with Gasteiger partial charge in [-0.3, -0.25) is 9.59 Å². The molecular weight excluding hydrogens is 440 g/mol. The number of carbonyl (C=O) groups excluding carboxylic acids is 2. The average molecular weight is 467 g/mol. The molecule has 2 aromatic carbocycles. The Hall–Kier alpha value is -3.20. The number of ketones is 1. The maximum atomic E-state index is 13.4. The Morgan fingerprint density at radius 2 is 1.64 bits per heavy atom. The first kappa shape index (κ1) is 21.6. The van der Waals surface area contributed by atoms with Crippen molar-refractivity contribution in [2.75, 3.05) is 37.6 Å². The number of amidine groups is 1. The third kappa shape index (κ3) is 3.90. The summed E-state index contributed by atoms with van der Waals surface area (Å²) in [6, 6.07) is 14.0. The van der Waals surface area contributed by atoms with Crippen LogP contribution in [0, 0.1) is 0 Å². The molecule has 0 aromatic heterocycles. The number of sulfonamides is 1. The van der Waals surface area contributed by atoms with Crippen molar-refractivity contribution in [3.05, 3.63) is 59.7 Å². The van der Waals surface area contributed by atoms with Crippen LogP contribution in [0.3, 0.4) is 0 Å². The Bertz CT molecular complexity index is 1230. The lowest BCUT2D eigenvalue weighted by Crippen LogP contribution is -2.54. The van der Waals surface area contributed by atoms with Gasteiger partial charge in [0.05, 0.1) is 0 Å². The van der Waals surface area contributed by atoms with Crippen LogP contribution in [0.15, 0.2) is 57.8 Å². The molecule has 3 aliphatic heterocycles. The number of likely N-dealkylation sites (tertiary alicyclic amines) is 1. The number of fused-ring (bicyclic) bond motifs is 1. The molecule has 0 saturated carbocycles. The van der Waals surface area contributed by atoms with Gasteiger partial charge < -0.3 is 14.7 Å². The molecule has 0 N–H and O–H groups in total. The van der Waals surface area contributed by atoms with Crippen molar-refractivity contribution in [2.45, 2.75) is 30.7 Å². The Balaban J connectivity index is 1.28. The lowest BCUT2D eigenvalue weighted by atomic mass is 10.1. The zero-order valence-electron chi connectivity index (χ0n) is 18.5. The lowest BCUT2D eigenvalue weighted by Gasteiger charge is -2.38. The molecule has 8 nitrogen and oxygen atoms in total. The van der Waals surface area contributed by atoms with Gasteiger partial charge in [-0.05, 0) is 56.2 Å². The van der Waals surface area contributed by atoms with Gasteiger partial charge in [0.1, 0.15) is 10.9 Å². The predicted molar refractivity (Wildman–Crippen MR) is 125 cm³/mol. The number of amides is 1. The summed E-state index contributed by atoms with van der Waals surface area (Å²) >= 11 is 0. The molecule has 0 spiro atoms. The molecule has 1 amide bonds. The molecule has 5 rings (SSSR count). The fraction of sp³-hybridized carbons (Fsp3) is 0.375. The van der Waals surface area contributed by atoms with Gasteiger partial charge in [-0.1, -0.05) is 12.1 Å². The van der Waals surface area contributed by atoms with Gasteiger partial charge in [0, 0.05) is 49.5 Å². The minimum Gasteiger partial charge on any atom is -0.368 e. The Morgan fingerprint density at radius 1 is 0.939 bits per heavy atom. The van der Waals surface area contributed by atoms with E-state index in [-0.39, 0.29) is 16.6 Å². The Labute approximate surface area is 193 Å². The molecule has 2 aromatic rings. The van der Waals surface area contributed by atoms with Crippen LogP contribution >= 0.6 is 0 Å². The molecule has 0 unspecified atom stereocenters. The first-order valence-corrected chi connectivity index (χ1v) is 12.6. The minimum atomic E-state index is -3.72. The van der Waals surface area contributed by atoms with Crippen molar-refractivity contribution < 1.29 is 18.0 Å². The summed E-state index contributed by atoms with van der Waals surface area (Å²) in [6.45, 7) is 4.77. The van der Waals surface area contributed by atoms with Crippen LogP contribution in [-0.4, -0.2) is 74.5 Å². The highest BCUT2D eigenvalue weighted by atomic mass is 32.2. The van der Waals surface area contributed by atoms with Gasteiger partial charge in [0.15, 0.2) is 11.6 Å². The van der Waals surface area contributed by atoms with Crippen LogP contribution in [-0.2, 0) is 14.8 Å². The van der Waals surface area contributed by atoms with Crippen LogP contribution in [0.1, 0.15) is 35.7 Å². The van der Waals surface area contributed by atoms with Gasteiger partial charge >= 0.3 is 0 Å². The second kappa shape index (κ2) is 8.30. The van der Waals surface area contributed by atoms with E-state index in [9.17, 15) is 18.0 Å². The molecule has 0 aliphatic carbocycles. The number of anilines is 1. The van der Waals surface area contributed by atoms with Crippen LogP contribution in [0.25, 0.3) is 0 Å². The summed E-state index contributed by atoms with van der Waals surface area (Å²) in [7, 11) is -3.72. The monoisotopic (exact) mass is 466 g/mol. The highest BCUT2D eigenvalue weighted by molar-refractivity contribution is 7.90. The van der Waals surface area contributed by atoms with E-state index in [2.05, 4.69) is 9.30 Å². The largest absolute Gasteiger partial charge is 0.368 e. The van der Waals surface area contributed by atoms with Gasteiger partial charge in [0.25, 0.3) is 10.0 Å². The van der Waals surface area contributed by atoms with E-state index in [1.54, 1.807) is 31.2 Å². The number of nitrogens with zero attached hydrogens (tertiary/aromatic N) is 4. The maximum absolute atomic E-state index is 13.4. The van der Waals surface area contributed by atoms with E-state index in [4.69, 9.17) is 0 Å². The maximum Gasteiger partial charge on any atom is 0.285 e. The van der Waals surface area contributed by atoms with E-state index in [1.165, 1.54) is 0 Å². The van der Waals surface area contributed by atoms with Crippen molar-refractivity contribution in [1.82, 2.24) is 9.80 Å². The molecule has 2 saturated heterocycles. The van der Waals surface area contributed by atoms with Crippen molar-refractivity contribution >= 4 is 33.2 Å². The predicted octanol–water partition coefficient (Wildman–Crippen LogP) is 2.15. The molecule has 2 fully saturated rings. The minimum absolute atomic E-state index is 0.0311. The number of hydrogen-bond donors (Lipinski definition) is 0. The zero-order chi connectivity index (χ0) is 23.2. The summed E-state index contributed by atoms with van der Waals surface area (Å²) in [5.41, 5.74) is 2.31. The quantitative estimate of drug-likeness (QED) is 0.644. The summed E-state index contributed by atoms with van der Waals surface area (Å²) in [6.07, 6.45) is 1.51. The number of Topliss-reactive ketones (excluding diaryl/α,β-unsaturated/α-hetero) is 1. The van der Waals surface area contributed by atoms with E-state index >= 15 is 0 Å². The highest BCUT2D eigenvalue weighted by Gasteiger charge is 2.41. The van der Waals surface area contributed by atoms with Crippen LogP contribution < -0.4 is 4.90 Å². The van der Waals surface area contributed by atoms with Crippen molar-refractivity contribution in [1.29, 1.82) is 0 Å². The summed E-state index contributed by atoms with van der Waals surface area (Å²) in [5, 5.41) is 0. The molecule has 172 valence electrons. The molecule has 1 atom stereocenters. The summed E-state index contributed by atoms with van der Waals surface area (Å²) in [5.74, 6) is 0.467. The SMILES string of the molecule is CC(=O)c1ccc(N2CCN(C(=O)[C@@H]3CCCN3C3=NS(=O)(=O)c4ccccc43)CC2)cc1. The first-order valence-electron chi connectivity index (χ1n) is 11.2. The number of benzene rings is 2. The second-order valence-electron chi connectivity index (χ2n) is 8.65. The van der Waals surface area contributed by atoms with Crippen molar-refractivity contribution in [2.24, 2.45) is 4.40 Å². The fourth-order valence-electron chi connectivity index (χ4n) is 4.88. The summed E-state index contributed by atoms with van der Waals surface area (Å²) < 4.78 is 29.0. The van der Waals surface area contributed by atoms with Gasteiger partial charge in [-0.2, -0.15) is 8.42 Å². The van der Waals surface area contributed by atoms with Gasteiger partial charge in [-0.15, -0.1) is 4.40 Å². The van der Waals surface area contributed by atoms with E-state index < -0.39 is 16.1 Å². The third-order valence-corrected chi connectivity index (χ3v) is 7.98. The average Bonchev–Trinajstić information content (AvgIpc) is 3.41. The standard InChI is InChI=1S/C24H26N4O4S/c1-17(29)18-8-10-19(11-9-18)26-13-15-27(16-14-26)24(30)21-6-4-12-28(21)23-20-5-2-3-7-22(20)33(31,32)25-23/h2-3,5,7-11,21H,4,6,12-16H2,1H3/t21-/m0/s1. The van der Waals surface area contributed by atoms with Gasteiger partial charge in [0.2, 0.25) is 5.91 Å². The van der Waals surface area contributed by atoms with E-state index in [0.717, 1.165) is 12.1 Å². The second-order valence-corrected chi connectivity index (χ2v) is 10.2. The fourth-order valence-corrected chi connectivity index (χ4v) is 6.09. The topological polar surface area (TPSA) is 90.4 Å². The van der Waals surface area contributed by atoms with Crippen LogP contribution in [0.2, 0.25) is 0 Å². The Morgan fingerprint density at radius 3 is 2.33 bits per heavy atom. The molecular formula is C24H26N4O4S. The highest BCUT2D eigenvalue weighted by Crippen LogP contribution is 2.32. The van der Waals surface area contributed by atoms with Crippen molar-refractivity contribution in [3.8, 4) is 0 Å². The smallest absolute Gasteiger partial charge is 0.285 e. The number of hydrogen-bond acceptors (Lipinski definition) is 6. The molecule has 3 heterocycles. The number of piperazine rings is 1. The molecule has 9 heteroatoms. The zero-order valence-corrected chi connectivity index (χ0v) is 19.3. The van der Waals surface area contributed by atoms with Gasteiger partial charge in [-0.25, -0.2) is 0 Å². The lowest BCUT2D eigenvalue weighted by molar-refractivity contribution is -0.135. The molecule has 0 radical (unpaired) electrons. The first-order chi connectivity index (χ1) is 15.8.